The van der Waals surface area contributed by atoms with Crippen LogP contribution in [-0.2, 0) is 6.54 Å². The fourth-order valence-electron chi connectivity index (χ4n) is 4.74. The predicted octanol–water partition coefficient (Wildman–Crippen LogP) is 3.47. The number of aromatic nitrogens is 1. The molecule has 1 saturated heterocycles. The van der Waals surface area contributed by atoms with Crippen LogP contribution in [0.3, 0.4) is 0 Å². The van der Waals surface area contributed by atoms with Crippen LogP contribution in [0.4, 0.5) is 4.39 Å². The molecule has 3 unspecified atom stereocenters. The van der Waals surface area contributed by atoms with E-state index in [-0.39, 0.29) is 11.6 Å². The van der Waals surface area contributed by atoms with E-state index in [1.807, 2.05) is 36.4 Å². The minimum Gasteiger partial charge on any atom is -0.408 e. The molecule has 134 valence electrons. The largest absolute Gasteiger partial charge is 0.419 e. The van der Waals surface area contributed by atoms with Gasteiger partial charge in [-0.25, -0.2) is 9.18 Å². The van der Waals surface area contributed by atoms with E-state index in [1.165, 1.54) is 12.0 Å². The van der Waals surface area contributed by atoms with Gasteiger partial charge in [0.05, 0.1) is 5.52 Å². The highest BCUT2D eigenvalue weighted by atomic mass is 19.1. The van der Waals surface area contributed by atoms with E-state index in [1.54, 1.807) is 16.7 Å². The lowest BCUT2D eigenvalue weighted by Gasteiger charge is -2.40. The van der Waals surface area contributed by atoms with E-state index < -0.39 is 0 Å². The summed E-state index contributed by atoms with van der Waals surface area (Å²) >= 11 is 0. The number of rotatable bonds is 4. The van der Waals surface area contributed by atoms with E-state index in [0.29, 0.717) is 24.0 Å². The number of benzene rings is 2. The summed E-state index contributed by atoms with van der Waals surface area (Å²) in [7, 11) is 0. The van der Waals surface area contributed by atoms with Crippen molar-refractivity contribution in [3.8, 4) is 0 Å². The van der Waals surface area contributed by atoms with Crippen molar-refractivity contribution in [2.45, 2.75) is 18.9 Å². The molecule has 1 aromatic heterocycles. The van der Waals surface area contributed by atoms with Gasteiger partial charge in [-0.3, -0.25) is 4.57 Å². The number of hydrogen-bond donors (Lipinski definition) is 0. The standard InChI is InChI=1S/C21H21FN2O2/c22-16-7-5-14(6-8-16)17-11-15-12-23(13-18(15)17)9-10-24-19-3-1-2-4-20(19)26-21(24)25/h1-8,15,17-18H,9-13H2. The molecule has 3 atom stereocenters. The molecule has 5 rings (SSSR count). The highest BCUT2D eigenvalue weighted by molar-refractivity contribution is 5.72. The van der Waals surface area contributed by atoms with Gasteiger partial charge in [-0.05, 0) is 54.0 Å². The maximum absolute atomic E-state index is 13.1. The second-order valence-corrected chi connectivity index (χ2v) is 7.56. The molecule has 4 nitrogen and oxygen atoms in total. The van der Waals surface area contributed by atoms with Crippen molar-refractivity contribution in [3.63, 3.8) is 0 Å². The summed E-state index contributed by atoms with van der Waals surface area (Å²) in [6.45, 7) is 3.65. The molecule has 0 bridgehead atoms. The summed E-state index contributed by atoms with van der Waals surface area (Å²) in [5.74, 6) is 1.47. The molecule has 0 spiro atoms. The van der Waals surface area contributed by atoms with Crippen molar-refractivity contribution in [2.75, 3.05) is 19.6 Å². The van der Waals surface area contributed by atoms with Crippen LogP contribution in [-0.4, -0.2) is 29.1 Å². The fraction of sp³-hybridized carbons (Fsp3) is 0.381. The Bertz CT molecular complexity index is 991. The topological polar surface area (TPSA) is 38.4 Å². The van der Waals surface area contributed by atoms with Crippen LogP contribution in [0.2, 0.25) is 0 Å². The van der Waals surface area contributed by atoms with Gasteiger partial charge >= 0.3 is 5.76 Å². The zero-order chi connectivity index (χ0) is 17.7. The predicted molar refractivity (Wildman–Crippen MR) is 97.7 cm³/mol. The fourth-order valence-corrected chi connectivity index (χ4v) is 4.74. The molecule has 2 heterocycles. The average Bonchev–Trinajstić information content (AvgIpc) is 3.12. The van der Waals surface area contributed by atoms with Crippen LogP contribution in [0.5, 0.6) is 0 Å². The van der Waals surface area contributed by atoms with Crippen molar-refractivity contribution < 1.29 is 8.81 Å². The van der Waals surface area contributed by atoms with Crippen molar-refractivity contribution in [1.29, 1.82) is 0 Å². The number of halogens is 1. The molecule has 0 radical (unpaired) electrons. The van der Waals surface area contributed by atoms with Gasteiger partial charge in [-0.15, -0.1) is 0 Å². The van der Waals surface area contributed by atoms with Crippen molar-refractivity contribution in [2.24, 2.45) is 11.8 Å². The second-order valence-electron chi connectivity index (χ2n) is 7.56. The Labute approximate surface area is 150 Å². The highest BCUT2D eigenvalue weighted by Crippen LogP contribution is 2.51. The molecule has 2 aliphatic rings. The van der Waals surface area contributed by atoms with Gasteiger partial charge in [-0.1, -0.05) is 24.3 Å². The van der Waals surface area contributed by atoms with Crippen LogP contribution in [0.1, 0.15) is 17.9 Å². The Morgan fingerprint density at radius 1 is 1.04 bits per heavy atom. The second kappa shape index (κ2) is 6.09. The summed E-state index contributed by atoms with van der Waals surface area (Å²) in [6, 6.07) is 14.5. The molecular weight excluding hydrogens is 331 g/mol. The van der Waals surface area contributed by atoms with Crippen molar-refractivity contribution in [3.05, 3.63) is 70.5 Å². The minimum atomic E-state index is -0.280. The number of likely N-dealkylation sites (tertiary alicyclic amines) is 1. The number of fused-ring (bicyclic) bond motifs is 2. The van der Waals surface area contributed by atoms with Crippen LogP contribution in [0.25, 0.3) is 11.1 Å². The quantitative estimate of drug-likeness (QED) is 0.722. The molecule has 5 heteroatoms. The SMILES string of the molecule is O=c1oc2ccccc2n1CCN1CC2CC(c3ccc(F)cc3)C2C1. The number of hydrogen-bond acceptors (Lipinski definition) is 3. The lowest BCUT2D eigenvalue weighted by atomic mass is 9.64. The van der Waals surface area contributed by atoms with Gasteiger partial charge in [-0.2, -0.15) is 0 Å². The van der Waals surface area contributed by atoms with Crippen LogP contribution < -0.4 is 5.76 Å². The normalized spacial score (nSPS) is 25.3. The van der Waals surface area contributed by atoms with E-state index in [2.05, 4.69) is 4.90 Å². The number of oxazole rings is 1. The molecular formula is C21H21FN2O2. The third-order valence-electron chi connectivity index (χ3n) is 6.15. The third kappa shape index (κ3) is 2.58. The summed E-state index contributed by atoms with van der Waals surface area (Å²) < 4.78 is 20.2. The van der Waals surface area contributed by atoms with E-state index in [0.717, 1.165) is 31.1 Å². The Morgan fingerprint density at radius 3 is 2.69 bits per heavy atom. The highest BCUT2D eigenvalue weighted by Gasteiger charge is 2.47. The summed E-state index contributed by atoms with van der Waals surface area (Å²) in [5.41, 5.74) is 2.77. The smallest absolute Gasteiger partial charge is 0.408 e. The Kier molecular flexibility index (Phi) is 3.71. The molecule has 1 aliphatic heterocycles. The van der Waals surface area contributed by atoms with Crippen LogP contribution in [0.15, 0.2) is 57.7 Å². The monoisotopic (exact) mass is 352 g/mol. The van der Waals surface area contributed by atoms with E-state index >= 15 is 0 Å². The third-order valence-corrected chi connectivity index (χ3v) is 6.15. The Hall–Kier alpha value is -2.40. The van der Waals surface area contributed by atoms with Gasteiger partial charge in [0.2, 0.25) is 0 Å². The molecule has 1 aliphatic carbocycles. The summed E-state index contributed by atoms with van der Waals surface area (Å²) in [6.07, 6.45) is 1.18. The maximum Gasteiger partial charge on any atom is 0.419 e. The summed E-state index contributed by atoms with van der Waals surface area (Å²) in [5, 5.41) is 0. The first-order valence-corrected chi connectivity index (χ1v) is 9.25. The first-order valence-electron chi connectivity index (χ1n) is 9.25. The zero-order valence-corrected chi connectivity index (χ0v) is 14.5. The number of nitrogens with zero attached hydrogens (tertiary/aromatic N) is 2. The molecule has 3 aromatic rings. The van der Waals surface area contributed by atoms with Gasteiger partial charge in [0.25, 0.3) is 0 Å². The van der Waals surface area contributed by atoms with Gasteiger partial charge in [0.15, 0.2) is 5.58 Å². The van der Waals surface area contributed by atoms with E-state index in [4.69, 9.17) is 4.42 Å². The maximum atomic E-state index is 13.1. The molecule has 0 N–H and O–H groups in total. The van der Waals surface area contributed by atoms with Crippen LogP contribution in [0, 0.1) is 17.7 Å². The molecule has 0 amide bonds. The molecule has 2 aromatic carbocycles. The zero-order valence-electron chi connectivity index (χ0n) is 14.5. The molecule has 1 saturated carbocycles. The Morgan fingerprint density at radius 2 is 1.85 bits per heavy atom. The van der Waals surface area contributed by atoms with E-state index in [9.17, 15) is 9.18 Å². The average molecular weight is 352 g/mol. The van der Waals surface area contributed by atoms with Gasteiger partial charge in [0.1, 0.15) is 5.82 Å². The molecule has 26 heavy (non-hydrogen) atoms. The van der Waals surface area contributed by atoms with Crippen LogP contribution >= 0.6 is 0 Å². The molecule has 2 fully saturated rings. The van der Waals surface area contributed by atoms with Gasteiger partial charge < -0.3 is 9.32 Å². The lowest BCUT2D eigenvalue weighted by molar-refractivity contribution is 0.191. The van der Waals surface area contributed by atoms with Gasteiger partial charge in [0, 0.05) is 26.2 Å². The minimum absolute atomic E-state index is 0.171. The first kappa shape index (κ1) is 15.8. The Balaban J connectivity index is 1.25. The summed E-state index contributed by atoms with van der Waals surface area (Å²) in [4.78, 5) is 14.5. The van der Waals surface area contributed by atoms with Crippen molar-refractivity contribution >= 4 is 11.1 Å². The number of para-hydroxylation sites is 2. The van der Waals surface area contributed by atoms with Crippen molar-refractivity contribution in [1.82, 2.24) is 9.47 Å². The first-order chi connectivity index (χ1) is 12.7. The lowest BCUT2D eigenvalue weighted by Crippen LogP contribution is -2.33.